The summed E-state index contributed by atoms with van der Waals surface area (Å²) in [6.07, 6.45) is 5.88. The molecule has 104 valence electrons. The highest BCUT2D eigenvalue weighted by Gasteiger charge is 2.35. The van der Waals surface area contributed by atoms with E-state index in [1.807, 2.05) is 0 Å². The van der Waals surface area contributed by atoms with Gasteiger partial charge in [-0.2, -0.15) is 0 Å². The maximum Gasteiger partial charge on any atom is 0.150 e. The van der Waals surface area contributed by atoms with E-state index in [1.54, 1.807) is 0 Å². The van der Waals surface area contributed by atoms with Crippen LogP contribution in [0.2, 0.25) is 0 Å². The molecule has 4 nitrogen and oxygen atoms in total. The summed E-state index contributed by atoms with van der Waals surface area (Å²) in [7, 11) is -3.00. The monoisotopic (exact) mass is 274 g/mol. The minimum atomic E-state index is -3.00. The summed E-state index contributed by atoms with van der Waals surface area (Å²) in [5.41, 5.74) is 0. The highest BCUT2D eigenvalue weighted by atomic mass is 32.2. The number of rotatable bonds is 3. The predicted octanol–water partition coefficient (Wildman–Crippen LogP) is 1.59. The maximum absolute atomic E-state index is 12.4. The zero-order valence-corrected chi connectivity index (χ0v) is 11.7. The molecule has 0 aromatic heterocycles. The number of hydrogen-bond donors (Lipinski definition) is 0. The number of carbonyl (C=O) groups is 1. The first kappa shape index (κ1) is 14.0. The highest BCUT2D eigenvalue weighted by molar-refractivity contribution is 7.91. The van der Waals surface area contributed by atoms with Gasteiger partial charge in [-0.25, -0.2) is 8.42 Å². The molecule has 1 saturated heterocycles. The van der Waals surface area contributed by atoms with Crippen LogP contribution in [0.3, 0.4) is 0 Å². The van der Waals surface area contributed by atoms with Crippen LogP contribution in [0, 0.1) is 11.8 Å². The van der Waals surface area contributed by atoms with Crippen molar-refractivity contribution in [3.8, 4) is 0 Å². The van der Waals surface area contributed by atoms with E-state index in [9.17, 15) is 13.2 Å². The lowest BCUT2D eigenvalue weighted by Crippen LogP contribution is -2.35. The van der Waals surface area contributed by atoms with Crippen molar-refractivity contribution in [2.24, 2.45) is 11.8 Å². The molecule has 0 radical (unpaired) electrons. The number of ketones is 1. The molecule has 0 aromatic carbocycles. The Morgan fingerprint density at radius 3 is 2.33 bits per heavy atom. The van der Waals surface area contributed by atoms with Crippen molar-refractivity contribution in [1.29, 1.82) is 0 Å². The van der Waals surface area contributed by atoms with E-state index in [-0.39, 0.29) is 22.9 Å². The molecule has 0 bridgehead atoms. The van der Waals surface area contributed by atoms with Crippen molar-refractivity contribution in [2.75, 3.05) is 19.5 Å². The SMILES string of the molecule is CS(=O)(=O)C1CCCC(C(=O)C2CCOCC2)C1. The second-order valence-corrected chi connectivity index (χ2v) is 7.93. The van der Waals surface area contributed by atoms with Gasteiger partial charge >= 0.3 is 0 Å². The summed E-state index contributed by atoms with van der Waals surface area (Å²) >= 11 is 0. The summed E-state index contributed by atoms with van der Waals surface area (Å²) in [6, 6.07) is 0. The van der Waals surface area contributed by atoms with Crippen LogP contribution in [0.5, 0.6) is 0 Å². The zero-order chi connectivity index (χ0) is 13.2. The Kier molecular flexibility index (Phi) is 4.43. The van der Waals surface area contributed by atoms with Crippen LogP contribution >= 0.6 is 0 Å². The lowest BCUT2D eigenvalue weighted by Gasteiger charge is -2.31. The van der Waals surface area contributed by atoms with E-state index in [1.165, 1.54) is 6.26 Å². The molecule has 1 heterocycles. The van der Waals surface area contributed by atoms with Gasteiger partial charge in [-0.15, -0.1) is 0 Å². The van der Waals surface area contributed by atoms with E-state index in [0.717, 1.165) is 32.1 Å². The van der Waals surface area contributed by atoms with Crippen LogP contribution in [0.1, 0.15) is 38.5 Å². The maximum atomic E-state index is 12.4. The minimum Gasteiger partial charge on any atom is -0.381 e. The molecule has 0 aromatic rings. The third-order valence-electron chi connectivity index (χ3n) is 4.26. The van der Waals surface area contributed by atoms with Gasteiger partial charge in [-0.3, -0.25) is 4.79 Å². The molecule has 0 spiro atoms. The molecule has 0 N–H and O–H groups in total. The van der Waals surface area contributed by atoms with E-state index in [0.29, 0.717) is 19.6 Å². The van der Waals surface area contributed by atoms with Crippen LogP contribution in [0.4, 0.5) is 0 Å². The Hall–Kier alpha value is -0.420. The van der Waals surface area contributed by atoms with E-state index >= 15 is 0 Å². The third-order valence-corrected chi connectivity index (χ3v) is 5.90. The van der Waals surface area contributed by atoms with E-state index < -0.39 is 9.84 Å². The first-order valence-corrected chi connectivity index (χ1v) is 8.74. The van der Waals surface area contributed by atoms with Crippen molar-refractivity contribution in [1.82, 2.24) is 0 Å². The van der Waals surface area contributed by atoms with Gasteiger partial charge in [0.15, 0.2) is 0 Å². The molecule has 1 aliphatic heterocycles. The Morgan fingerprint density at radius 2 is 1.72 bits per heavy atom. The molecule has 5 heteroatoms. The third kappa shape index (κ3) is 3.32. The fraction of sp³-hybridized carbons (Fsp3) is 0.923. The minimum absolute atomic E-state index is 0.0402. The summed E-state index contributed by atoms with van der Waals surface area (Å²) in [6.45, 7) is 1.33. The summed E-state index contributed by atoms with van der Waals surface area (Å²) in [5, 5.41) is -0.306. The first-order chi connectivity index (χ1) is 8.48. The van der Waals surface area contributed by atoms with Gasteiger partial charge in [0.05, 0.1) is 5.25 Å². The lowest BCUT2D eigenvalue weighted by molar-refractivity contribution is -0.130. The Morgan fingerprint density at radius 1 is 1.06 bits per heavy atom. The summed E-state index contributed by atoms with van der Waals surface area (Å²) < 4.78 is 28.5. The molecule has 2 rings (SSSR count). The first-order valence-electron chi connectivity index (χ1n) is 6.79. The van der Waals surface area contributed by atoms with Crippen molar-refractivity contribution in [3.63, 3.8) is 0 Å². The molecule has 2 fully saturated rings. The fourth-order valence-electron chi connectivity index (χ4n) is 3.11. The Bertz CT molecular complexity index is 395. The van der Waals surface area contributed by atoms with Crippen LogP contribution in [0.25, 0.3) is 0 Å². The number of Topliss-reactive ketones (excluding diaryl/α,β-unsaturated/α-hetero) is 1. The molecule has 1 saturated carbocycles. The van der Waals surface area contributed by atoms with Gasteiger partial charge in [0.2, 0.25) is 0 Å². The standard InChI is InChI=1S/C13H22O4S/c1-18(15,16)12-4-2-3-11(9-12)13(14)10-5-7-17-8-6-10/h10-12H,2-9H2,1H3. The topological polar surface area (TPSA) is 60.4 Å². The van der Waals surface area contributed by atoms with Gasteiger partial charge < -0.3 is 4.74 Å². The second-order valence-electron chi connectivity index (χ2n) is 5.60. The molecular formula is C13H22O4S. The van der Waals surface area contributed by atoms with Gasteiger partial charge in [-0.05, 0) is 32.1 Å². The van der Waals surface area contributed by atoms with Crippen molar-refractivity contribution < 1.29 is 17.9 Å². The van der Waals surface area contributed by atoms with E-state index in [2.05, 4.69) is 0 Å². The molecule has 2 aliphatic rings. The average molecular weight is 274 g/mol. The molecule has 2 atom stereocenters. The smallest absolute Gasteiger partial charge is 0.150 e. The number of carbonyl (C=O) groups excluding carboxylic acids is 1. The molecule has 0 amide bonds. The zero-order valence-electron chi connectivity index (χ0n) is 10.9. The lowest BCUT2D eigenvalue weighted by atomic mass is 9.79. The largest absolute Gasteiger partial charge is 0.381 e. The van der Waals surface area contributed by atoms with Gasteiger partial charge in [-0.1, -0.05) is 6.42 Å². The second kappa shape index (κ2) is 5.70. The quantitative estimate of drug-likeness (QED) is 0.784. The number of sulfone groups is 1. The molecule has 18 heavy (non-hydrogen) atoms. The van der Waals surface area contributed by atoms with Gasteiger partial charge in [0.1, 0.15) is 15.6 Å². The Balaban J connectivity index is 1.97. The van der Waals surface area contributed by atoms with Gasteiger partial charge in [0.25, 0.3) is 0 Å². The van der Waals surface area contributed by atoms with Crippen LogP contribution in [-0.2, 0) is 19.4 Å². The predicted molar refractivity (Wildman–Crippen MR) is 69.1 cm³/mol. The van der Waals surface area contributed by atoms with Gasteiger partial charge in [0, 0.05) is 31.3 Å². The molecule has 2 unspecified atom stereocenters. The average Bonchev–Trinajstić information content (AvgIpc) is 2.38. The number of hydrogen-bond acceptors (Lipinski definition) is 4. The summed E-state index contributed by atoms with van der Waals surface area (Å²) in [5.74, 6) is 0.343. The van der Waals surface area contributed by atoms with E-state index in [4.69, 9.17) is 4.74 Å². The summed E-state index contributed by atoms with van der Waals surface area (Å²) in [4.78, 5) is 12.4. The number of ether oxygens (including phenoxy) is 1. The molecular weight excluding hydrogens is 252 g/mol. The normalized spacial score (nSPS) is 31.2. The fourth-order valence-corrected chi connectivity index (χ4v) is 4.28. The van der Waals surface area contributed by atoms with Crippen LogP contribution in [0.15, 0.2) is 0 Å². The van der Waals surface area contributed by atoms with Crippen molar-refractivity contribution in [2.45, 2.75) is 43.8 Å². The van der Waals surface area contributed by atoms with Crippen molar-refractivity contribution in [3.05, 3.63) is 0 Å². The highest BCUT2D eigenvalue weighted by Crippen LogP contribution is 2.32. The Labute approximate surface area is 109 Å². The van der Waals surface area contributed by atoms with Crippen LogP contribution in [-0.4, -0.2) is 38.9 Å². The van der Waals surface area contributed by atoms with Crippen LogP contribution < -0.4 is 0 Å². The molecule has 1 aliphatic carbocycles. The van der Waals surface area contributed by atoms with Crippen molar-refractivity contribution >= 4 is 15.6 Å².